The number of carboxylic acids is 1. The van der Waals surface area contributed by atoms with Gasteiger partial charge in [0, 0.05) is 0 Å². The molecule has 0 aromatic heterocycles. The highest BCUT2D eigenvalue weighted by molar-refractivity contribution is 7.93. The quantitative estimate of drug-likeness (QED) is 0.814. The van der Waals surface area contributed by atoms with Gasteiger partial charge in [-0.05, 0) is 40.5 Å². The standard InChI is InChI=1S/C14H25NO5S/c1-13(2,3)21(19,20)9-11(16)15-14(4)8-6-5-7-10(14)12(17)18/h10H,5-9H2,1-4H3,(H,15,16)(H,17,18). The van der Waals surface area contributed by atoms with Crippen LogP contribution in [-0.4, -0.2) is 41.4 Å². The zero-order valence-corrected chi connectivity index (χ0v) is 13.9. The predicted octanol–water partition coefficient (Wildman–Crippen LogP) is 1.35. The molecule has 0 aromatic rings. The lowest BCUT2D eigenvalue weighted by atomic mass is 9.74. The van der Waals surface area contributed by atoms with Gasteiger partial charge in [0.25, 0.3) is 0 Å². The molecule has 0 heterocycles. The van der Waals surface area contributed by atoms with Crippen LogP contribution >= 0.6 is 0 Å². The normalized spacial score (nSPS) is 27.1. The average molecular weight is 319 g/mol. The summed E-state index contributed by atoms with van der Waals surface area (Å²) in [6, 6.07) is 0. The SMILES string of the molecule is CC1(NC(=O)CS(=O)(=O)C(C)(C)C)CCCCC1C(=O)O. The minimum absolute atomic E-state index is 0.498. The van der Waals surface area contributed by atoms with Crippen LogP contribution in [0.15, 0.2) is 0 Å². The molecule has 7 heteroatoms. The smallest absolute Gasteiger partial charge is 0.308 e. The Morgan fingerprint density at radius 3 is 2.33 bits per heavy atom. The Morgan fingerprint density at radius 1 is 1.29 bits per heavy atom. The van der Waals surface area contributed by atoms with Gasteiger partial charge in [0.05, 0.1) is 16.2 Å². The van der Waals surface area contributed by atoms with Crippen LogP contribution in [0.5, 0.6) is 0 Å². The molecule has 122 valence electrons. The zero-order chi connectivity index (χ0) is 16.5. The first-order valence-corrected chi connectivity index (χ1v) is 8.80. The van der Waals surface area contributed by atoms with E-state index in [9.17, 15) is 23.1 Å². The highest BCUT2D eigenvalue weighted by Crippen LogP contribution is 2.34. The fourth-order valence-corrected chi connectivity index (χ4v) is 3.47. The molecule has 2 N–H and O–H groups in total. The molecule has 2 atom stereocenters. The maximum Gasteiger partial charge on any atom is 0.308 e. The summed E-state index contributed by atoms with van der Waals surface area (Å²) in [7, 11) is -3.57. The van der Waals surface area contributed by atoms with E-state index in [1.165, 1.54) is 20.8 Å². The number of amides is 1. The van der Waals surface area contributed by atoms with Crippen molar-refractivity contribution in [3.63, 3.8) is 0 Å². The van der Waals surface area contributed by atoms with Crippen LogP contribution in [0.25, 0.3) is 0 Å². The summed E-state index contributed by atoms with van der Waals surface area (Å²) in [5.41, 5.74) is -0.880. The minimum atomic E-state index is -3.57. The highest BCUT2D eigenvalue weighted by Gasteiger charge is 2.43. The third kappa shape index (κ3) is 4.18. The molecule has 1 rings (SSSR count). The molecule has 0 aliphatic heterocycles. The van der Waals surface area contributed by atoms with Gasteiger partial charge in [-0.1, -0.05) is 12.8 Å². The van der Waals surface area contributed by atoms with Crippen molar-refractivity contribution in [1.29, 1.82) is 0 Å². The van der Waals surface area contributed by atoms with Crippen molar-refractivity contribution in [3.8, 4) is 0 Å². The van der Waals surface area contributed by atoms with Crippen molar-refractivity contribution in [1.82, 2.24) is 5.32 Å². The molecule has 0 radical (unpaired) electrons. The largest absolute Gasteiger partial charge is 0.481 e. The Labute approximate surface area is 126 Å². The van der Waals surface area contributed by atoms with Crippen LogP contribution in [0.1, 0.15) is 53.4 Å². The van der Waals surface area contributed by atoms with Crippen LogP contribution in [-0.2, 0) is 19.4 Å². The number of carboxylic acid groups (broad SMARTS) is 1. The first-order valence-electron chi connectivity index (χ1n) is 7.15. The molecule has 1 aliphatic rings. The summed E-state index contributed by atoms with van der Waals surface area (Å²) in [4.78, 5) is 23.4. The van der Waals surface area contributed by atoms with Gasteiger partial charge in [0.1, 0.15) is 5.75 Å². The Morgan fingerprint density at radius 2 is 1.86 bits per heavy atom. The number of aliphatic carboxylic acids is 1. The van der Waals surface area contributed by atoms with E-state index >= 15 is 0 Å². The topological polar surface area (TPSA) is 101 Å². The third-order valence-electron chi connectivity index (χ3n) is 4.19. The molecule has 1 amide bonds. The Hall–Kier alpha value is -1.11. The van der Waals surface area contributed by atoms with Gasteiger partial charge < -0.3 is 10.4 Å². The first kappa shape index (κ1) is 17.9. The summed E-state index contributed by atoms with van der Waals surface area (Å²) < 4.78 is 23.1. The van der Waals surface area contributed by atoms with E-state index in [1.54, 1.807) is 6.92 Å². The van der Waals surface area contributed by atoms with Gasteiger partial charge in [-0.25, -0.2) is 8.42 Å². The van der Waals surface area contributed by atoms with E-state index in [1.807, 2.05) is 0 Å². The van der Waals surface area contributed by atoms with Gasteiger partial charge in [-0.3, -0.25) is 9.59 Å². The van der Waals surface area contributed by atoms with Gasteiger partial charge in [-0.15, -0.1) is 0 Å². The first-order chi connectivity index (χ1) is 9.39. The van der Waals surface area contributed by atoms with Crippen LogP contribution in [0, 0.1) is 5.92 Å². The predicted molar refractivity (Wildman–Crippen MR) is 79.7 cm³/mol. The second-order valence-corrected chi connectivity index (χ2v) is 9.72. The Balaban J connectivity index is 2.84. The monoisotopic (exact) mass is 319 g/mol. The second-order valence-electron chi connectivity index (χ2n) is 6.97. The maximum atomic E-state index is 12.1. The van der Waals surface area contributed by atoms with Crippen LogP contribution in [0.4, 0.5) is 0 Å². The fourth-order valence-electron chi connectivity index (χ4n) is 2.62. The van der Waals surface area contributed by atoms with Gasteiger partial charge >= 0.3 is 5.97 Å². The number of sulfone groups is 1. The van der Waals surface area contributed by atoms with Crippen LogP contribution < -0.4 is 5.32 Å². The summed E-state index contributed by atoms with van der Waals surface area (Å²) in [5, 5.41) is 11.9. The second kappa shape index (κ2) is 5.94. The lowest BCUT2D eigenvalue weighted by molar-refractivity contribution is -0.146. The fraction of sp³-hybridized carbons (Fsp3) is 0.857. The minimum Gasteiger partial charge on any atom is -0.481 e. The van der Waals surface area contributed by atoms with E-state index in [0.717, 1.165) is 12.8 Å². The van der Waals surface area contributed by atoms with Crippen molar-refractivity contribution >= 4 is 21.7 Å². The van der Waals surface area contributed by atoms with Gasteiger partial charge in [0.2, 0.25) is 5.91 Å². The highest BCUT2D eigenvalue weighted by atomic mass is 32.2. The molecule has 2 unspecified atom stereocenters. The molecular formula is C14H25NO5S. The van der Waals surface area contributed by atoms with E-state index in [2.05, 4.69) is 5.32 Å². The van der Waals surface area contributed by atoms with Crippen molar-refractivity contribution in [3.05, 3.63) is 0 Å². The van der Waals surface area contributed by atoms with Gasteiger partial charge in [-0.2, -0.15) is 0 Å². The summed E-state index contributed by atoms with van der Waals surface area (Å²) >= 11 is 0. The number of carbonyl (C=O) groups excluding carboxylic acids is 1. The zero-order valence-electron chi connectivity index (χ0n) is 13.1. The molecule has 0 spiro atoms. The van der Waals surface area contributed by atoms with Crippen molar-refractivity contribution < 1.29 is 23.1 Å². The Bertz CT molecular complexity index is 520. The van der Waals surface area contributed by atoms with Crippen molar-refractivity contribution in [2.75, 3.05) is 5.75 Å². The van der Waals surface area contributed by atoms with Crippen LogP contribution in [0.3, 0.4) is 0 Å². The number of nitrogens with one attached hydrogen (secondary N) is 1. The Kier molecular flexibility index (Phi) is 5.08. The molecule has 0 aromatic carbocycles. The lowest BCUT2D eigenvalue weighted by Crippen LogP contribution is -2.57. The van der Waals surface area contributed by atoms with Crippen molar-refractivity contribution in [2.45, 2.75) is 63.7 Å². The molecule has 0 bridgehead atoms. The summed E-state index contributed by atoms with van der Waals surface area (Å²) in [6.07, 6.45) is 2.68. The molecule has 1 fully saturated rings. The van der Waals surface area contributed by atoms with Crippen LogP contribution in [0.2, 0.25) is 0 Å². The maximum absolute atomic E-state index is 12.1. The van der Waals surface area contributed by atoms with E-state index in [4.69, 9.17) is 0 Å². The molecule has 0 saturated heterocycles. The molecule has 6 nitrogen and oxygen atoms in total. The molecule has 1 aliphatic carbocycles. The average Bonchev–Trinajstić information content (AvgIpc) is 2.25. The van der Waals surface area contributed by atoms with E-state index in [-0.39, 0.29) is 0 Å². The van der Waals surface area contributed by atoms with Crippen molar-refractivity contribution in [2.24, 2.45) is 5.92 Å². The number of hydrogen-bond acceptors (Lipinski definition) is 4. The van der Waals surface area contributed by atoms with E-state index in [0.29, 0.717) is 12.8 Å². The third-order valence-corrected chi connectivity index (χ3v) is 6.69. The van der Waals surface area contributed by atoms with E-state index < -0.39 is 43.7 Å². The number of carbonyl (C=O) groups is 2. The molecule has 1 saturated carbocycles. The summed E-state index contributed by atoms with van der Waals surface area (Å²) in [6.45, 7) is 6.31. The molecular weight excluding hydrogens is 294 g/mol. The molecule has 21 heavy (non-hydrogen) atoms. The number of rotatable bonds is 4. The lowest BCUT2D eigenvalue weighted by Gasteiger charge is -2.40. The number of hydrogen-bond donors (Lipinski definition) is 2. The van der Waals surface area contributed by atoms with Gasteiger partial charge in [0.15, 0.2) is 9.84 Å². The summed E-state index contributed by atoms with van der Waals surface area (Å²) in [5.74, 6) is -2.86.